The maximum atomic E-state index is 12.9. The summed E-state index contributed by atoms with van der Waals surface area (Å²) in [6, 6.07) is 10.9. The van der Waals surface area contributed by atoms with Crippen molar-refractivity contribution >= 4 is 44.7 Å². The van der Waals surface area contributed by atoms with Crippen molar-refractivity contribution in [3.8, 4) is 0 Å². The van der Waals surface area contributed by atoms with Crippen LogP contribution < -0.4 is 4.90 Å². The van der Waals surface area contributed by atoms with E-state index in [2.05, 4.69) is 30.4 Å². The van der Waals surface area contributed by atoms with Gasteiger partial charge in [0.1, 0.15) is 16.2 Å². The zero-order chi connectivity index (χ0) is 22.9. The van der Waals surface area contributed by atoms with E-state index < -0.39 is 0 Å². The zero-order valence-corrected chi connectivity index (χ0v) is 19.8. The fourth-order valence-electron chi connectivity index (χ4n) is 4.22. The summed E-state index contributed by atoms with van der Waals surface area (Å²) in [5, 5.41) is 0. The number of carbonyl (C=O) groups excluding carboxylic acids is 2. The highest BCUT2D eigenvalue weighted by Crippen LogP contribution is 2.24. The lowest BCUT2D eigenvalue weighted by Crippen LogP contribution is -2.50. The number of pyridine rings is 1. The molecule has 2 fully saturated rings. The van der Waals surface area contributed by atoms with E-state index in [9.17, 15) is 9.59 Å². The Morgan fingerprint density at radius 3 is 2.79 bits per heavy atom. The third-order valence-electron chi connectivity index (χ3n) is 6.07. The van der Waals surface area contributed by atoms with E-state index in [1.165, 1.54) is 7.11 Å². The van der Waals surface area contributed by atoms with Gasteiger partial charge in [-0.15, -0.1) is 0 Å². The second-order valence-corrected chi connectivity index (χ2v) is 9.00. The Balaban J connectivity index is 1.38. The summed E-state index contributed by atoms with van der Waals surface area (Å²) in [5.74, 6) is 1.13. The molecule has 0 saturated carbocycles. The quantitative estimate of drug-likeness (QED) is 0.369. The lowest BCUT2D eigenvalue weighted by atomic mass is 10.1. The number of hydrogen-bond acceptors (Lipinski definition) is 7. The third kappa shape index (κ3) is 4.50. The summed E-state index contributed by atoms with van der Waals surface area (Å²) in [6.07, 6.45) is 1.12. The van der Waals surface area contributed by atoms with Crippen molar-refractivity contribution in [3.05, 3.63) is 52.4 Å². The van der Waals surface area contributed by atoms with Gasteiger partial charge < -0.3 is 14.0 Å². The topological polar surface area (TPSA) is 89.8 Å². The largest absolute Gasteiger partial charge is 0.465 e. The minimum Gasteiger partial charge on any atom is -0.465 e. The molecule has 10 heteroatoms. The Hall–Kier alpha value is -2.82. The Bertz CT molecular complexity index is 1210. The van der Waals surface area contributed by atoms with Crippen LogP contribution in [0.25, 0.3) is 11.0 Å². The summed E-state index contributed by atoms with van der Waals surface area (Å²) in [6.45, 7) is 3.49. The van der Waals surface area contributed by atoms with Crippen LogP contribution in [-0.4, -0.2) is 70.8 Å². The van der Waals surface area contributed by atoms with E-state index in [1.54, 1.807) is 11.0 Å². The number of imidazole rings is 1. The van der Waals surface area contributed by atoms with E-state index in [1.807, 2.05) is 30.3 Å². The number of anilines is 1. The highest BCUT2D eigenvalue weighted by atomic mass is 79.9. The second kappa shape index (κ2) is 9.20. The molecule has 1 atom stereocenters. The molecule has 33 heavy (non-hydrogen) atoms. The summed E-state index contributed by atoms with van der Waals surface area (Å²) < 4.78 is 13.4. The van der Waals surface area contributed by atoms with Gasteiger partial charge in [-0.2, -0.15) is 0 Å². The van der Waals surface area contributed by atoms with Crippen molar-refractivity contribution in [2.75, 3.05) is 38.3 Å². The van der Waals surface area contributed by atoms with Crippen molar-refractivity contribution < 1.29 is 19.1 Å². The molecule has 2 aliphatic heterocycles. The van der Waals surface area contributed by atoms with Gasteiger partial charge in [0, 0.05) is 19.7 Å². The number of ether oxygens (including phenoxy) is 2. The van der Waals surface area contributed by atoms with Gasteiger partial charge in [0.15, 0.2) is 0 Å². The van der Waals surface area contributed by atoms with Crippen LogP contribution in [0.5, 0.6) is 0 Å². The van der Waals surface area contributed by atoms with Crippen LogP contribution in [0.3, 0.4) is 0 Å². The van der Waals surface area contributed by atoms with Crippen LogP contribution in [0.1, 0.15) is 22.6 Å². The maximum absolute atomic E-state index is 12.9. The number of nitrogens with zero attached hydrogens (tertiary/aromatic N) is 5. The molecular formula is C23H24BrN5O4. The van der Waals surface area contributed by atoms with E-state index >= 15 is 0 Å². The van der Waals surface area contributed by atoms with Crippen molar-refractivity contribution in [3.63, 3.8) is 0 Å². The first-order chi connectivity index (χ1) is 16.0. The van der Waals surface area contributed by atoms with Gasteiger partial charge in [-0.1, -0.05) is 6.07 Å². The molecular weight excluding hydrogens is 490 g/mol. The van der Waals surface area contributed by atoms with Crippen LogP contribution in [0, 0.1) is 0 Å². The number of esters is 1. The number of aromatic nitrogens is 3. The van der Waals surface area contributed by atoms with Gasteiger partial charge in [-0.05, 0) is 52.7 Å². The van der Waals surface area contributed by atoms with Gasteiger partial charge in [0.2, 0.25) is 5.91 Å². The highest BCUT2D eigenvalue weighted by Gasteiger charge is 2.28. The Labute approximate surface area is 199 Å². The molecule has 2 aromatic heterocycles. The number of halogens is 1. The first kappa shape index (κ1) is 22.0. The number of hydrogen-bond donors (Lipinski definition) is 0. The number of methoxy groups -OCH3 is 1. The zero-order valence-electron chi connectivity index (χ0n) is 18.2. The molecule has 9 nitrogen and oxygen atoms in total. The van der Waals surface area contributed by atoms with Crippen LogP contribution in [0.2, 0.25) is 0 Å². The Morgan fingerprint density at radius 2 is 2.09 bits per heavy atom. The maximum Gasteiger partial charge on any atom is 0.337 e. The number of piperazine rings is 1. The number of fused-ring (bicyclic) bond motifs is 1. The number of amides is 1. The number of benzene rings is 1. The summed E-state index contributed by atoms with van der Waals surface area (Å²) in [7, 11) is 1.37. The first-order valence-electron chi connectivity index (χ1n) is 10.9. The molecule has 0 spiro atoms. The van der Waals surface area contributed by atoms with E-state index in [0.717, 1.165) is 29.9 Å². The van der Waals surface area contributed by atoms with Crippen molar-refractivity contribution in [1.29, 1.82) is 0 Å². The molecule has 3 aromatic rings. The average molecular weight is 514 g/mol. The molecule has 1 amide bonds. The Morgan fingerprint density at radius 1 is 1.24 bits per heavy atom. The predicted molar refractivity (Wildman–Crippen MR) is 125 cm³/mol. The second-order valence-electron chi connectivity index (χ2n) is 8.19. The molecule has 0 radical (unpaired) electrons. The molecule has 1 aromatic carbocycles. The smallest absolute Gasteiger partial charge is 0.337 e. The van der Waals surface area contributed by atoms with Crippen molar-refractivity contribution in [2.45, 2.75) is 25.6 Å². The van der Waals surface area contributed by atoms with Crippen LogP contribution in [-0.2, 0) is 27.4 Å². The number of carbonyl (C=O) groups is 2. The van der Waals surface area contributed by atoms with Gasteiger partial charge in [0.25, 0.3) is 0 Å². The molecule has 0 bridgehead atoms. The fourth-order valence-corrected chi connectivity index (χ4v) is 4.56. The third-order valence-corrected chi connectivity index (χ3v) is 6.51. The molecule has 0 unspecified atom stereocenters. The Kier molecular flexibility index (Phi) is 6.13. The van der Waals surface area contributed by atoms with Crippen LogP contribution >= 0.6 is 15.9 Å². The average Bonchev–Trinajstić information content (AvgIpc) is 3.11. The van der Waals surface area contributed by atoms with Gasteiger partial charge in [0.05, 0.1) is 49.4 Å². The number of rotatable bonds is 6. The first-order valence-corrected chi connectivity index (χ1v) is 11.7. The van der Waals surface area contributed by atoms with Gasteiger partial charge in [-0.3, -0.25) is 14.6 Å². The van der Waals surface area contributed by atoms with Crippen LogP contribution in [0.15, 0.2) is 41.0 Å². The van der Waals surface area contributed by atoms with Gasteiger partial charge >= 0.3 is 5.97 Å². The summed E-state index contributed by atoms with van der Waals surface area (Å²) in [5.41, 5.74) is 2.16. The summed E-state index contributed by atoms with van der Waals surface area (Å²) in [4.78, 5) is 38.0. The van der Waals surface area contributed by atoms with E-state index in [4.69, 9.17) is 14.5 Å². The van der Waals surface area contributed by atoms with Crippen LogP contribution in [0.4, 0.5) is 5.82 Å². The summed E-state index contributed by atoms with van der Waals surface area (Å²) >= 11 is 3.37. The standard InChI is InChI=1S/C23H24BrN5O4/c1-32-23(31)15-5-6-17-18(11-15)29(12-16-7-10-33-16)21(25-17)13-27-8-9-28(22(30)14-27)20-4-2-3-19(24)26-20/h2-6,11,16H,7-10,12-14H2,1H3/t16-/m0/s1. The van der Waals surface area contributed by atoms with Crippen molar-refractivity contribution in [1.82, 2.24) is 19.4 Å². The van der Waals surface area contributed by atoms with E-state index in [0.29, 0.717) is 42.2 Å². The van der Waals surface area contributed by atoms with E-state index in [-0.39, 0.29) is 24.5 Å². The lowest BCUT2D eigenvalue weighted by Gasteiger charge is -2.34. The monoisotopic (exact) mass is 513 g/mol. The molecule has 0 N–H and O–H groups in total. The SMILES string of the molecule is COC(=O)c1ccc2nc(CN3CCN(c4cccc(Br)n4)C(=O)C3)n(C[C@@H]3CCO3)c2c1. The minimum atomic E-state index is -0.381. The molecule has 2 aliphatic rings. The normalized spacial score (nSPS) is 19.0. The predicted octanol–water partition coefficient (Wildman–Crippen LogP) is 2.62. The lowest BCUT2D eigenvalue weighted by molar-refractivity contribution is -0.121. The molecule has 5 rings (SSSR count). The molecule has 4 heterocycles. The minimum absolute atomic E-state index is 0.00446. The fraction of sp³-hybridized carbons (Fsp3) is 0.391. The molecule has 0 aliphatic carbocycles. The molecule has 2 saturated heterocycles. The van der Waals surface area contributed by atoms with Gasteiger partial charge in [-0.25, -0.2) is 14.8 Å². The van der Waals surface area contributed by atoms with Crippen molar-refractivity contribution in [2.24, 2.45) is 0 Å². The highest BCUT2D eigenvalue weighted by molar-refractivity contribution is 9.10. The molecule has 172 valence electrons.